The van der Waals surface area contributed by atoms with Crippen molar-refractivity contribution in [2.75, 3.05) is 0 Å². The standard InChI is InChI=1S/C6H7S.Ra.H/c1-5-3-7-4-6(5)2;;/h3H,1-2H3;;. The molecule has 0 saturated heterocycles. The van der Waals surface area contributed by atoms with Crippen LogP contribution >= 0.6 is 11.3 Å². The van der Waals surface area contributed by atoms with Crippen LogP contribution in [-0.4, -0.2) is 0 Å². The van der Waals surface area contributed by atoms with Crippen LogP contribution in [0.4, 0.5) is 0 Å². The van der Waals surface area contributed by atoms with E-state index in [9.17, 15) is 0 Å². The van der Waals surface area contributed by atoms with Gasteiger partial charge in [0.25, 0.3) is 0 Å². The number of rotatable bonds is 0. The molecule has 0 fully saturated rings. The number of aryl methyl sites for hydroxylation is 1. The summed E-state index contributed by atoms with van der Waals surface area (Å²) in [5.74, 6) is 0. The summed E-state index contributed by atoms with van der Waals surface area (Å²) in [7, 11) is 0. The fourth-order valence-corrected chi connectivity index (χ4v) is 4.57. The predicted molar refractivity (Wildman–Crippen MR) is 34.8 cm³/mol. The van der Waals surface area contributed by atoms with Gasteiger partial charge in [0.05, 0.1) is 0 Å². The zero-order chi connectivity index (χ0) is 6.15. The topological polar surface area (TPSA) is 0 Å². The van der Waals surface area contributed by atoms with Gasteiger partial charge in [-0.25, -0.2) is 0 Å². The molecule has 0 saturated carbocycles. The van der Waals surface area contributed by atoms with Gasteiger partial charge in [0, 0.05) is 0 Å². The van der Waals surface area contributed by atoms with E-state index >= 15 is 0 Å². The summed E-state index contributed by atoms with van der Waals surface area (Å²) in [6, 6.07) is 0. The number of thiophene rings is 1. The monoisotopic (exact) mass is 338 g/mol. The van der Waals surface area contributed by atoms with Gasteiger partial charge in [0.1, 0.15) is 0 Å². The molecule has 1 aromatic rings. The van der Waals surface area contributed by atoms with Gasteiger partial charge in [0.15, 0.2) is 0 Å². The summed E-state index contributed by atoms with van der Waals surface area (Å²) in [6.45, 7) is 4.41. The summed E-state index contributed by atoms with van der Waals surface area (Å²) in [5.41, 5.74) is 3.04. The molecular weight excluding hydrogens is 330 g/mol. The van der Waals surface area contributed by atoms with Gasteiger partial charge in [-0.2, -0.15) is 0 Å². The van der Waals surface area contributed by atoms with Crippen molar-refractivity contribution < 1.29 is 42.8 Å². The van der Waals surface area contributed by atoms with Crippen LogP contribution in [0.3, 0.4) is 0 Å². The van der Waals surface area contributed by atoms with Gasteiger partial charge in [0.2, 0.25) is 0 Å². The average molecular weight is 338 g/mol. The number of hydrogen-bond acceptors (Lipinski definition) is 1. The molecule has 1 heterocycles. The first kappa shape index (κ1) is 7.28. The Balaban J connectivity index is 3.19. The molecule has 0 aromatic carbocycles. The third-order valence-corrected chi connectivity index (χ3v) is 8.65. The Morgan fingerprint density at radius 1 is 1.50 bits per heavy atom. The zero-order valence-electron chi connectivity index (χ0n) is 5.49. The maximum absolute atomic E-state index is 2.26. The van der Waals surface area contributed by atoms with Crippen LogP contribution in [0.5, 0.6) is 0 Å². The molecular formula is C6H8RaS. The molecule has 2 heteroatoms. The van der Waals surface area contributed by atoms with Gasteiger partial charge in [-0.05, 0) is 0 Å². The normalized spacial score (nSPS) is 9.62. The van der Waals surface area contributed by atoms with Crippen molar-refractivity contribution in [2.24, 2.45) is 0 Å². The van der Waals surface area contributed by atoms with Crippen LogP contribution in [0.25, 0.3) is 0 Å². The fraction of sp³-hybridized carbons (Fsp3) is 0.333. The molecule has 0 N–H and O–H groups in total. The van der Waals surface area contributed by atoms with Crippen LogP contribution in [-0.2, 0) is 0 Å². The van der Waals surface area contributed by atoms with Crippen molar-refractivity contribution in [3.63, 3.8) is 0 Å². The Kier molecular flexibility index (Phi) is 2.58. The molecule has 1 aromatic heterocycles. The molecule has 0 aliphatic rings. The molecule has 1 rings (SSSR count). The van der Waals surface area contributed by atoms with E-state index in [0.717, 1.165) is 0 Å². The van der Waals surface area contributed by atoms with E-state index in [4.69, 9.17) is 0 Å². The van der Waals surface area contributed by atoms with Crippen molar-refractivity contribution in [3.8, 4) is 0 Å². The molecule has 0 bridgehead atoms. The van der Waals surface area contributed by atoms with Gasteiger partial charge < -0.3 is 0 Å². The summed E-state index contributed by atoms with van der Waals surface area (Å²) >= 11 is 2.53. The van der Waals surface area contributed by atoms with Crippen molar-refractivity contribution in [1.29, 1.82) is 0 Å². The van der Waals surface area contributed by atoms with E-state index in [1.165, 1.54) is 5.56 Å². The van der Waals surface area contributed by atoms with Gasteiger partial charge in [-0.15, -0.1) is 0 Å². The quantitative estimate of drug-likeness (QED) is 0.669. The first-order valence-electron chi connectivity index (χ1n) is 2.73. The van der Waals surface area contributed by atoms with Crippen LogP contribution in [0, 0.1) is 56.6 Å². The molecule has 0 unspecified atom stereocenters. The molecule has 0 aliphatic carbocycles. The third kappa shape index (κ3) is 1.36. The first-order valence-corrected chi connectivity index (χ1v) is 7.72. The van der Waals surface area contributed by atoms with E-state index < -0.39 is 0 Å². The SMILES string of the molecule is Cc1cs[c]([RaH])c1C. The average Bonchev–Trinajstić information content (AvgIpc) is 1.98. The summed E-state index contributed by atoms with van der Waals surface area (Å²) in [6.07, 6.45) is 0. The fourth-order valence-electron chi connectivity index (χ4n) is 0.631. The van der Waals surface area contributed by atoms with Gasteiger partial charge in [-0.3, -0.25) is 0 Å². The van der Waals surface area contributed by atoms with E-state index in [1.807, 2.05) is 11.3 Å². The van der Waals surface area contributed by atoms with Crippen LogP contribution in [0.15, 0.2) is 5.38 Å². The second-order valence-corrected chi connectivity index (χ2v) is 10.3. The van der Waals surface area contributed by atoms with Crippen molar-refractivity contribution in [3.05, 3.63) is 16.5 Å². The zero-order valence-corrected chi connectivity index (χ0v) is 14.5. The third-order valence-electron chi connectivity index (χ3n) is 1.53. The molecule has 8 heavy (non-hydrogen) atoms. The molecule has 0 amide bonds. The van der Waals surface area contributed by atoms with E-state index in [1.54, 1.807) is 5.48 Å². The second kappa shape index (κ2) is 2.83. The Bertz CT molecular complexity index is 171. The maximum atomic E-state index is 2.26. The van der Waals surface area contributed by atoms with Crippen LogP contribution < -0.4 is -0.0820 Å². The first-order chi connectivity index (χ1) is 3.72. The summed E-state index contributed by atoms with van der Waals surface area (Å²) in [4.78, 5) is 0. The summed E-state index contributed by atoms with van der Waals surface area (Å²) < 4.78 is 1.68. The Morgan fingerprint density at radius 3 is 2.25 bits per heavy atom. The van der Waals surface area contributed by atoms with Crippen molar-refractivity contribution >= 4 is 11.3 Å². The van der Waals surface area contributed by atoms with Crippen molar-refractivity contribution in [1.82, 2.24) is 0 Å². The minimum atomic E-state index is 0.599. The predicted octanol–water partition coefficient (Wildman–Crippen LogP) is 1.27. The molecule has 40 valence electrons. The molecule has 0 radical (unpaired) electrons. The Hall–Kier alpha value is 1.17. The summed E-state index contributed by atoms with van der Waals surface area (Å²) in [5, 5.41) is 2.26. The van der Waals surface area contributed by atoms with E-state index in [2.05, 4.69) is 19.2 Å². The minimum absolute atomic E-state index is 0.599. The number of hydrogen-bond donors (Lipinski definition) is 0. The van der Waals surface area contributed by atoms with E-state index in [-0.39, 0.29) is 0 Å². The Morgan fingerprint density at radius 2 is 2.12 bits per heavy atom. The Labute approximate surface area is 83.1 Å². The molecule has 0 atom stereocenters. The van der Waals surface area contributed by atoms with Crippen molar-refractivity contribution in [2.45, 2.75) is 13.8 Å². The van der Waals surface area contributed by atoms with Gasteiger partial charge in [-0.1, -0.05) is 0 Å². The van der Waals surface area contributed by atoms with Crippen LogP contribution in [0.2, 0.25) is 0 Å². The van der Waals surface area contributed by atoms with Crippen LogP contribution in [0.1, 0.15) is 11.1 Å². The second-order valence-electron chi connectivity index (χ2n) is 2.10. The molecule has 0 nitrogen and oxygen atoms in total. The van der Waals surface area contributed by atoms with Gasteiger partial charge >= 0.3 is 84.4 Å². The molecule has 0 aliphatic heterocycles. The molecule has 0 spiro atoms. The van der Waals surface area contributed by atoms with E-state index in [0.29, 0.717) is 42.8 Å².